The molecule has 0 saturated carbocycles. The number of aliphatic hydroxyl groups excluding tert-OH is 1. The fourth-order valence-corrected chi connectivity index (χ4v) is 2.58. The van der Waals surface area contributed by atoms with Gasteiger partial charge in [0.1, 0.15) is 0 Å². The highest BCUT2D eigenvalue weighted by molar-refractivity contribution is 7.10. The fraction of sp³-hybridized carbons (Fsp3) is 0.636. The first-order valence-corrected chi connectivity index (χ1v) is 6.04. The summed E-state index contributed by atoms with van der Waals surface area (Å²) >= 11 is 1.80. The zero-order valence-electron chi connectivity index (χ0n) is 8.65. The summed E-state index contributed by atoms with van der Waals surface area (Å²) in [6.07, 6.45) is 2.13. The molecule has 2 nitrogen and oxygen atoms in total. The van der Waals surface area contributed by atoms with E-state index >= 15 is 0 Å². The fourth-order valence-electron chi connectivity index (χ4n) is 1.66. The average molecular weight is 213 g/mol. The molecule has 80 valence electrons. The minimum atomic E-state index is 0.207. The number of nitrogens with two attached hydrogens (primary N) is 1. The van der Waals surface area contributed by atoms with Crippen molar-refractivity contribution >= 4 is 11.3 Å². The Balaban J connectivity index is 2.55. The Morgan fingerprint density at radius 3 is 2.79 bits per heavy atom. The van der Waals surface area contributed by atoms with E-state index in [1.165, 1.54) is 4.88 Å². The van der Waals surface area contributed by atoms with Crippen molar-refractivity contribution in [1.29, 1.82) is 0 Å². The predicted octanol–water partition coefficient (Wildman–Crippen LogP) is 2.20. The molecular weight excluding hydrogens is 194 g/mol. The SMILES string of the molecule is CCC(CC(CN)CO)c1cccs1. The van der Waals surface area contributed by atoms with Crippen LogP contribution in [0, 0.1) is 5.92 Å². The van der Waals surface area contributed by atoms with Crippen LogP contribution >= 0.6 is 11.3 Å². The second kappa shape index (κ2) is 6.17. The third-order valence-corrected chi connectivity index (χ3v) is 3.68. The smallest absolute Gasteiger partial charge is 0.0471 e. The molecule has 0 saturated heterocycles. The van der Waals surface area contributed by atoms with Gasteiger partial charge in [0.05, 0.1) is 0 Å². The molecule has 1 aromatic heterocycles. The molecule has 0 spiro atoms. The average Bonchev–Trinajstić information content (AvgIpc) is 2.73. The van der Waals surface area contributed by atoms with Crippen LogP contribution in [0.5, 0.6) is 0 Å². The van der Waals surface area contributed by atoms with Crippen molar-refractivity contribution in [3.63, 3.8) is 0 Å². The number of hydrogen-bond acceptors (Lipinski definition) is 3. The molecule has 1 rings (SSSR count). The summed E-state index contributed by atoms with van der Waals surface area (Å²) in [7, 11) is 0. The predicted molar refractivity (Wildman–Crippen MR) is 61.6 cm³/mol. The van der Waals surface area contributed by atoms with Gasteiger partial charge in [0, 0.05) is 11.5 Å². The molecule has 0 fully saturated rings. The molecule has 14 heavy (non-hydrogen) atoms. The molecule has 1 heterocycles. The van der Waals surface area contributed by atoms with Gasteiger partial charge < -0.3 is 10.8 Å². The molecule has 0 bridgehead atoms. The van der Waals surface area contributed by atoms with Crippen LogP contribution in [0.1, 0.15) is 30.6 Å². The van der Waals surface area contributed by atoms with Crippen molar-refractivity contribution in [2.75, 3.05) is 13.2 Å². The third-order valence-electron chi connectivity index (χ3n) is 2.65. The van der Waals surface area contributed by atoms with Gasteiger partial charge in [0.2, 0.25) is 0 Å². The number of rotatable bonds is 6. The molecule has 3 heteroatoms. The Bertz CT molecular complexity index is 231. The van der Waals surface area contributed by atoms with Crippen LogP contribution in [-0.2, 0) is 0 Å². The lowest BCUT2D eigenvalue weighted by Crippen LogP contribution is -2.20. The van der Waals surface area contributed by atoms with E-state index in [2.05, 4.69) is 24.4 Å². The van der Waals surface area contributed by atoms with E-state index in [0.29, 0.717) is 12.5 Å². The summed E-state index contributed by atoms with van der Waals surface area (Å²) in [4.78, 5) is 1.42. The Labute approximate surface area is 89.8 Å². The van der Waals surface area contributed by atoms with Gasteiger partial charge >= 0.3 is 0 Å². The van der Waals surface area contributed by atoms with Crippen molar-refractivity contribution in [2.45, 2.75) is 25.7 Å². The van der Waals surface area contributed by atoms with Gasteiger partial charge in [-0.05, 0) is 42.7 Å². The lowest BCUT2D eigenvalue weighted by Gasteiger charge is -2.18. The molecule has 2 unspecified atom stereocenters. The Kier molecular flexibility index (Phi) is 5.15. The van der Waals surface area contributed by atoms with Crippen molar-refractivity contribution < 1.29 is 5.11 Å². The van der Waals surface area contributed by atoms with Crippen LogP contribution < -0.4 is 5.73 Å². The first kappa shape index (κ1) is 11.7. The number of hydrogen-bond donors (Lipinski definition) is 2. The molecular formula is C11H19NOS. The Morgan fingerprint density at radius 2 is 2.36 bits per heavy atom. The van der Waals surface area contributed by atoms with Gasteiger partial charge in [-0.2, -0.15) is 0 Å². The maximum atomic E-state index is 9.09. The zero-order valence-corrected chi connectivity index (χ0v) is 9.46. The van der Waals surface area contributed by atoms with Crippen LogP contribution in [0.15, 0.2) is 17.5 Å². The minimum absolute atomic E-state index is 0.207. The monoisotopic (exact) mass is 213 g/mol. The van der Waals surface area contributed by atoms with E-state index in [4.69, 9.17) is 10.8 Å². The second-order valence-corrected chi connectivity index (χ2v) is 4.62. The first-order chi connectivity index (χ1) is 6.81. The summed E-state index contributed by atoms with van der Waals surface area (Å²) in [5.41, 5.74) is 5.58. The van der Waals surface area contributed by atoms with E-state index in [0.717, 1.165) is 12.8 Å². The maximum Gasteiger partial charge on any atom is 0.0471 e. The number of aliphatic hydroxyl groups is 1. The van der Waals surface area contributed by atoms with Crippen molar-refractivity contribution in [2.24, 2.45) is 11.7 Å². The van der Waals surface area contributed by atoms with Crippen molar-refractivity contribution in [1.82, 2.24) is 0 Å². The normalized spacial score (nSPS) is 15.4. The molecule has 0 aromatic carbocycles. The summed E-state index contributed by atoms with van der Waals surface area (Å²) in [6, 6.07) is 4.25. The summed E-state index contributed by atoms with van der Waals surface area (Å²) < 4.78 is 0. The molecule has 0 aliphatic heterocycles. The summed E-state index contributed by atoms with van der Waals surface area (Å²) in [5, 5.41) is 11.2. The van der Waals surface area contributed by atoms with Crippen LogP contribution in [0.2, 0.25) is 0 Å². The second-order valence-electron chi connectivity index (χ2n) is 3.64. The molecule has 0 aliphatic carbocycles. The van der Waals surface area contributed by atoms with Gasteiger partial charge in [0.25, 0.3) is 0 Å². The largest absolute Gasteiger partial charge is 0.396 e. The van der Waals surface area contributed by atoms with Crippen LogP contribution in [0.25, 0.3) is 0 Å². The maximum absolute atomic E-state index is 9.09. The first-order valence-electron chi connectivity index (χ1n) is 5.16. The van der Waals surface area contributed by atoms with E-state index in [1.807, 2.05) is 0 Å². The highest BCUT2D eigenvalue weighted by atomic mass is 32.1. The van der Waals surface area contributed by atoms with Gasteiger partial charge in [-0.25, -0.2) is 0 Å². The van der Waals surface area contributed by atoms with Crippen molar-refractivity contribution in [3.8, 4) is 0 Å². The highest BCUT2D eigenvalue weighted by Crippen LogP contribution is 2.29. The van der Waals surface area contributed by atoms with E-state index in [9.17, 15) is 0 Å². The lowest BCUT2D eigenvalue weighted by atomic mass is 9.92. The van der Waals surface area contributed by atoms with Gasteiger partial charge in [-0.15, -0.1) is 11.3 Å². The molecule has 0 radical (unpaired) electrons. The topological polar surface area (TPSA) is 46.2 Å². The minimum Gasteiger partial charge on any atom is -0.396 e. The van der Waals surface area contributed by atoms with Gasteiger partial charge in [-0.3, -0.25) is 0 Å². The van der Waals surface area contributed by atoms with Gasteiger partial charge in [0.15, 0.2) is 0 Å². The van der Waals surface area contributed by atoms with Crippen LogP contribution in [0.3, 0.4) is 0 Å². The standard InChI is InChI=1S/C11H19NOS/c1-2-10(6-9(7-12)8-13)11-4-3-5-14-11/h3-5,9-10,13H,2,6-8,12H2,1H3. The van der Waals surface area contributed by atoms with Crippen LogP contribution in [0.4, 0.5) is 0 Å². The van der Waals surface area contributed by atoms with Crippen LogP contribution in [-0.4, -0.2) is 18.3 Å². The molecule has 2 atom stereocenters. The van der Waals surface area contributed by atoms with E-state index in [1.54, 1.807) is 11.3 Å². The number of thiophene rings is 1. The summed E-state index contributed by atoms with van der Waals surface area (Å²) in [5.74, 6) is 0.817. The highest BCUT2D eigenvalue weighted by Gasteiger charge is 2.15. The zero-order chi connectivity index (χ0) is 10.4. The molecule has 3 N–H and O–H groups in total. The quantitative estimate of drug-likeness (QED) is 0.761. The lowest BCUT2D eigenvalue weighted by molar-refractivity contribution is 0.215. The van der Waals surface area contributed by atoms with E-state index < -0.39 is 0 Å². The summed E-state index contributed by atoms with van der Waals surface area (Å²) in [6.45, 7) is 2.98. The Hall–Kier alpha value is -0.380. The Morgan fingerprint density at radius 1 is 1.57 bits per heavy atom. The molecule has 1 aromatic rings. The third kappa shape index (κ3) is 3.08. The molecule has 0 amide bonds. The van der Waals surface area contributed by atoms with Gasteiger partial charge in [-0.1, -0.05) is 13.0 Å². The van der Waals surface area contributed by atoms with Crippen molar-refractivity contribution in [3.05, 3.63) is 22.4 Å². The van der Waals surface area contributed by atoms with E-state index in [-0.39, 0.29) is 12.5 Å². The molecule has 0 aliphatic rings.